The Hall–Kier alpha value is -0.770. The largest absolute Gasteiger partial charge is 0.444 e. The summed E-state index contributed by atoms with van der Waals surface area (Å²) >= 11 is 0. The molecular formula is C11H19NO3. The number of rotatable bonds is 0. The third-order valence-corrected chi connectivity index (χ3v) is 3.01. The number of ether oxygens (including phenoxy) is 2. The lowest BCUT2D eigenvalue weighted by atomic mass is 10.1. The van der Waals surface area contributed by atoms with Gasteiger partial charge in [-0.1, -0.05) is 0 Å². The van der Waals surface area contributed by atoms with E-state index in [1.807, 2.05) is 20.8 Å². The summed E-state index contributed by atoms with van der Waals surface area (Å²) in [5, 5.41) is 0. The quantitative estimate of drug-likeness (QED) is 0.576. The van der Waals surface area contributed by atoms with Gasteiger partial charge < -0.3 is 14.4 Å². The topological polar surface area (TPSA) is 42.1 Å². The normalized spacial score (nSPS) is 34.7. The summed E-state index contributed by atoms with van der Waals surface area (Å²) in [6.45, 7) is 9.13. The molecule has 0 saturated carbocycles. The molecule has 86 valence electrons. The SMILES string of the molecule is CC1OC12CCN(C(=O)OC(C)(C)C)C2. The molecule has 1 amide bonds. The van der Waals surface area contributed by atoms with Crippen LogP contribution >= 0.6 is 0 Å². The molecule has 0 aromatic carbocycles. The van der Waals surface area contributed by atoms with Crippen LogP contribution in [0.5, 0.6) is 0 Å². The van der Waals surface area contributed by atoms with Crippen molar-refractivity contribution in [2.45, 2.75) is 51.4 Å². The lowest BCUT2D eigenvalue weighted by Crippen LogP contribution is -2.36. The van der Waals surface area contributed by atoms with E-state index in [-0.39, 0.29) is 11.7 Å². The van der Waals surface area contributed by atoms with Crippen LogP contribution in [0.2, 0.25) is 0 Å². The van der Waals surface area contributed by atoms with E-state index in [0.717, 1.165) is 13.0 Å². The second kappa shape index (κ2) is 3.11. The van der Waals surface area contributed by atoms with Crippen LogP contribution in [-0.2, 0) is 9.47 Å². The Labute approximate surface area is 90.5 Å². The number of hydrogen-bond acceptors (Lipinski definition) is 3. The molecular weight excluding hydrogens is 194 g/mol. The van der Waals surface area contributed by atoms with Crippen molar-refractivity contribution in [3.63, 3.8) is 0 Å². The van der Waals surface area contributed by atoms with Gasteiger partial charge in [0, 0.05) is 6.54 Å². The Morgan fingerprint density at radius 1 is 1.53 bits per heavy atom. The third kappa shape index (κ3) is 2.09. The Morgan fingerprint density at radius 3 is 2.53 bits per heavy atom. The van der Waals surface area contributed by atoms with Crippen LogP contribution in [-0.4, -0.2) is 41.4 Å². The summed E-state index contributed by atoms with van der Waals surface area (Å²) in [6, 6.07) is 0. The molecule has 2 atom stereocenters. The Bertz CT molecular complexity index is 284. The lowest BCUT2D eigenvalue weighted by molar-refractivity contribution is 0.0283. The summed E-state index contributed by atoms with van der Waals surface area (Å²) in [4.78, 5) is 13.5. The van der Waals surface area contributed by atoms with Gasteiger partial charge in [-0.2, -0.15) is 0 Å². The average Bonchev–Trinajstić information content (AvgIpc) is 2.55. The van der Waals surface area contributed by atoms with Crippen LogP contribution in [0.25, 0.3) is 0 Å². The molecule has 0 radical (unpaired) electrons. The zero-order chi connectivity index (χ0) is 11.3. The zero-order valence-corrected chi connectivity index (χ0v) is 9.87. The van der Waals surface area contributed by atoms with E-state index in [1.54, 1.807) is 4.90 Å². The van der Waals surface area contributed by atoms with Gasteiger partial charge in [-0.05, 0) is 34.1 Å². The molecule has 2 saturated heterocycles. The van der Waals surface area contributed by atoms with E-state index in [9.17, 15) is 4.79 Å². The van der Waals surface area contributed by atoms with Crippen molar-refractivity contribution in [2.75, 3.05) is 13.1 Å². The predicted molar refractivity (Wildman–Crippen MR) is 55.7 cm³/mol. The molecule has 0 N–H and O–H groups in total. The second-order valence-electron chi connectivity index (χ2n) is 5.48. The lowest BCUT2D eigenvalue weighted by Gasteiger charge is -2.24. The fourth-order valence-corrected chi connectivity index (χ4v) is 2.03. The first-order valence-electron chi connectivity index (χ1n) is 5.48. The van der Waals surface area contributed by atoms with Crippen molar-refractivity contribution in [3.8, 4) is 0 Å². The van der Waals surface area contributed by atoms with E-state index < -0.39 is 5.60 Å². The van der Waals surface area contributed by atoms with Crippen molar-refractivity contribution in [1.29, 1.82) is 0 Å². The van der Waals surface area contributed by atoms with Crippen LogP contribution in [0.4, 0.5) is 4.79 Å². The molecule has 1 spiro atoms. The average molecular weight is 213 g/mol. The Balaban J connectivity index is 1.89. The van der Waals surface area contributed by atoms with Gasteiger partial charge >= 0.3 is 6.09 Å². The minimum atomic E-state index is -0.414. The fraction of sp³-hybridized carbons (Fsp3) is 0.909. The van der Waals surface area contributed by atoms with Crippen LogP contribution in [0.15, 0.2) is 0 Å². The van der Waals surface area contributed by atoms with Crippen molar-refractivity contribution in [3.05, 3.63) is 0 Å². The van der Waals surface area contributed by atoms with Gasteiger partial charge in [0.15, 0.2) is 0 Å². The first kappa shape index (κ1) is 10.7. The number of likely N-dealkylation sites (tertiary alicyclic amines) is 1. The van der Waals surface area contributed by atoms with Crippen LogP contribution in [0, 0.1) is 0 Å². The molecule has 0 aromatic heterocycles. The van der Waals surface area contributed by atoms with Crippen molar-refractivity contribution in [2.24, 2.45) is 0 Å². The molecule has 2 unspecified atom stereocenters. The van der Waals surface area contributed by atoms with Gasteiger partial charge in [-0.25, -0.2) is 4.79 Å². The summed E-state index contributed by atoms with van der Waals surface area (Å²) in [5.41, 5.74) is -0.459. The monoisotopic (exact) mass is 213 g/mol. The van der Waals surface area contributed by atoms with E-state index >= 15 is 0 Å². The molecule has 2 rings (SSSR count). The highest BCUT2D eigenvalue weighted by atomic mass is 16.6. The first-order chi connectivity index (χ1) is 6.82. The smallest absolute Gasteiger partial charge is 0.410 e. The minimum absolute atomic E-state index is 0.0447. The molecule has 0 bridgehead atoms. The highest BCUT2D eigenvalue weighted by Crippen LogP contribution is 2.44. The molecule has 0 aliphatic carbocycles. The maximum atomic E-state index is 11.7. The molecule has 2 aliphatic heterocycles. The van der Waals surface area contributed by atoms with Gasteiger partial charge in [0.25, 0.3) is 0 Å². The number of carbonyl (C=O) groups excluding carboxylic acids is 1. The first-order valence-corrected chi connectivity index (χ1v) is 5.48. The Morgan fingerprint density at radius 2 is 2.13 bits per heavy atom. The molecule has 15 heavy (non-hydrogen) atoms. The standard InChI is InChI=1S/C11H19NO3/c1-8-11(14-8)5-6-12(7-11)9(13)15-10(2,3)4/h8H,5-7H2,1-4H3. The second-order valence-corrected chi connectivity index (χ2v) is 5.48. The maximum absolute atomic E-state index is 11.7. The molecule has 2 heterocycles. The Kier molecular flexibility index (Phi) is 2.23. The summed E-state index contributed by atoms with van der Waals surface area (Å²) in [7, 11) is 0. The summed E-state index contributed by atoms with van der Waals surface area (Å²) < 4.78 is 10.8. The fourth-order valence-electron chi connectivity index (χ4n) is 2.03. The number of nitrogens with zero attached hydrogens (tertiary/aromatic N) is 1. The number of carbonyl (C=O) groups is 1. The van der Waals surface area contributed by atoms with Gasteiger partial charge in [0.05, 0.1) is 12.6 Å². The summed E-state index contributed by atoms with van der Waals surface area (Å²) in [6.07, 6.45) is 1.01. The van der Waals surface area contributed by atoms with Gasteiger partial charge in [0.2, 0.25) is 0 Å². The van der Waals surface area contributed by atoms with E-state index in [2.05, 4.69) is 6.92 Å². The van der Waals surface area contributed by atoms with E-state index in [0.29, 0.717) is 12.6 Å². The predicted octanol–water partition coefficient (Wildman–Crippen LogP) is 1.78. The molecule has 4 heteroatoms. The zero-order valence-electron chi connectivity index (χ0n) is 9.87. The maximum Gasteiger partial charge on any atom is 0.410 e. The van der Waals surface area contributed by atoms with Crippen LogP contribution in [0.1, 0.15) is 34.1 Å². The van der Waals surface area contributed by atoms with E-state index in [1.165, 1.54) is 0 Å². The number of epoxide rings is 1. The van der Waals surface area contributed by atoms with Crippen molar-refractivity contribution < 1.29 is 14.3 Å². The molecule has 2 fully saturated rings. The summed E-state index contributed by atoms with van der Waals surface area (Å²) in [5.74, 6) is 0. The van der Waals surface area contributed by atoms with Crippen LogP contribution < -0.4 is 0 Å². The van der Waals surface area contributed by atoms with Crippen molar-refractivity contribution >= 4 is 6.09 Å². The van der Waals surface area contributed by atoms with Gasteiger partial charge in [-0.15, -0.1) is 0 Å². The highest BCUT2D eigenvalue weighted by molar-refractivity contribution is 5.68. The van der Waals surface area contributed by atoms with Crippen LogP contribution in [0.3, 0.4) is 0 Å². The van der Waals surface area contributed by atoms with E-state index in [4.69, 9.17) is 9.47 Å². The highest BCUT2D eigenvalue weighted by Gasteiger charge is 2.58. The molecule has 2 aliphatic rings. The van der Waals surface area contributed by atoms with Crippen molar-refractivity contribution in [1.82, 2.24) is 4.90 Å². The molecule has 0 aromatic rings. The van der Waals surface area contributed by atoms with Gasteiger partial charge in [0.1, 0.15) is 11.2 Å². The number of amides is 1. The number of hydrogen-bond donors (Lipinski definition) is 0. The third-order valence-electron chi connectivity index (χ3n) is 3.01. The minimum Gasteiger partial charge on any atom is -0.444 e. The van der Waals surface area contributed by atoms with Gasteiger partial charge in [-0.3, -0.25) is 0 Å². The molecule has 4 nitrogen and oxygen atoms in total.